The number of benzene rings is 2. The second-order valence-electron chi connectivity index (χ2n) is 11.0. The van der Waals surface area contributed by atoms with Crippen LogP contribution in [0.15, 0.2) is 48.7 Å². The summed E-state index contributed by atoms with van der Waals surface area (Å²) in [6, 6.07) is 9.45. The number of nitrogens with two attached hydrogens (primary N) is 1. The van der Waals surface area contributed by atoms with Crippen molar-refractivity contribution in [2.24, 2.45) is 5.73 Å². The second-order valence-corrected chi connectivity index (χ2v) is 11.0. The van der Waals surface area contributed by atoms with Gasteiger partial charge in [-0.25, -0.2) is 9.37 Å². The third-order valence-corrected chi connectivity index (χ3v) is 8.35. The van der Waals surface area contributed by atoms with Crippen molar-refractivity contribution in [3.8, 4) is 16.9 Å². The Hall–Kier alpha value is -4.17. The van der Waals surface area contributed by atoms with Gasteiger partial charge in [0.25, 0.3) is 5.91 Å². The minimum atomic E-state index is -4.90. The molecule has 1 fully saturated rings. The maximum Gasteiger partial charge on any atom is 0.417 e. The number of alkyl halides is 5. The highest BCUT2D eigenvalue weighted by Crippen LogP contribution is 2.54. The summed E-state index contributed by atoms with van der Waals surface area (Å²) in [7, 11) is 0. The number of pyridine rings is 1. The number of hydrogen-bond acceptors (Lipinski definition) is 6. The molecule has 0 unspecified atom stereocenters. The molecule has 1 saturated carbocycles. The van der Waals surface area contributed by atoms with Crippen molar-refractivity contribution in [2.75, 3.05) is 0 Å². The molecule has 0 saturated heterocycles. The molecule has 2 bridgehead atoms. The lowest BCUT2D eigenvalue weighted by atomic mass is 9.63. The molecule has 3 aliphatic rings. The van der Waals surface area contributed by atoms with Gasteiger partial charge in [0.05, 0.1) is 34.3 Å². The number of aromatic nitrogens is 3. The average Bonchev–Trinajstić information content (AvgIpc) is 3.38. The minimum Gasteiger partial charge on any atom is -0.434 e. The monoisotopic (exact) mass is 589 g/mol. The number of rotatable bonds is 4. The standard InChI is InChI=1S/C28H21F6N5O3/c29-15-6-13(9-36-22(15)26(35)10-27(41,11-26)28(32,33)34)12-4-5-16-18(7-12)39-19-8-17(23(39)37-16)38-24(40)14-2-1-3-20(21(14)19)42-25(30)31/h1-7,9,17,19,25,41H,8,10-11,35H2,(H,38,40)/t17-,19-,26?,27?/m0/s1. The summed E-state index contributed by atoms with van der Waals surface area (Å²) in [5.74, 6) is -0.962. The Morgan fingerprint density at radius 1 is 1.14 bits per heavy atom. The van der Waals surface area contributed by atoms with Gasteiger partial charge >= 0.3 is 12.8 Å². The van der Waals surface area contributed by atoms with Crippen LogP contribution in [0.3, 0.4) is 0 Å². The lowest BCUT2D eigenvalue weighted by Gasteiger charge is -2.51. The van der Waals surface area contributed by atoms with E-state index in [4.69, 9.17) is 10.5 Å². The molecule has 1 aliphatic carbocycles. The van der Waals surface area contributed by atoms with Gasteiger partial charge in [-0.3, -0.25) is 9.78 Å². The van der Waals surface area contributed by atoms with Crippen LogP contribution in [0.4, 0.5) is 26.3 Å². The zero-order valence-corrected chi connectivity index (χ0v) is 21.4. The molecule has 1 amide bonds. The lowest BCUT2D eigenvalue weighted by molar-refractivity contribution is -0.304. The van der Waals surface area contributed by atoms with Gasteiger partial charge in [0.15, 0.2) is 5.60 Å². The number of amides is 1. The summed E-state index contributed by atoms with van der Waals surface area (Å²) in [6.45, 7) is -3.11. The minimum absolute atomic E-state index is 0.125. The zero-order valence-electron chi connectivity index (χ0n) is 21.4. The first-order chi connectivity index (χ1) is 19.8. The van der Waals surface area contributed by atoms with Gasteiger partial charge < -0.3 is 25.5 Å². The van der Waals surface area contributed by atoms with E-state index in [1.807, 2.05) is 4.57 Å². The number of carbonyl (C=O) groups excluding carboxylic acids is 1. The fourth-order valence-electron chi connectivity index (χ4n) is 6.51. The van der Waals surface area contributed by atoms with Crippen molar-refractivity contribution in [3.63, 3.8) is 0 Å². The number of aliphatic hydroxyl groups is 1. The van der Waals surface area contributed by atoms with Gasteiger partial charge in [0.2, 0.25) is 0 Å². The first-order valence-electron chi connectivity index (χ1n) is 12.9. The first-order valence-corrected chi connectivity index (χ1v) is 12.9. The van der Waals surface area contributed by atoms with Gasteiger partial charge in [0.1, 0.15) is 17.4 Å². The third kappa shape index (κ3) is 3.81. The SMILES string of the molecule is NC1(c2ncc(-c3ccc4nc5n(c4c3)[C@H]3C[C@@H]5NC(=O)c4cccc(OC(F)F)c43)cc2F)CC(O)(C(F)(F)F)C1. The van der Waals surface area contributed by atoms with E-state index in [2.05, 4.69) is 15.3 Å². The number of nitrogens with one attached hydrogen (secondary N) is 1. The van der Waals surface area contributed by atoms with Gasteiger partial charge in [-0.1, -0.05) is 12.1 Å². The van der Waals surface area contributed by atoms with E-state index in [9.17, 15) is 31.9 Å². The number of halogens is 6. The van der Waals surface area contributed by atoms with E-state index in [0.717, 1.165) is 6.07 Å². The third-order valence-electron chi connectivity index (χ3n) is 8.35. The number of carbonyl (C=O) groups is 1. The molecule has 42 heavy (non-hydrogen) atoms. The number of fused-ring (bicyclic) bond motifs is 9. The Balaban J connectivity index is 1.28. The molecule has 0 radical (unpaired) electrons. The van der Waals surface area contributed by atoms with Crippen LogP contribution >= 0.6 is 0 Å². The number of imidazole rings is 1. The summed E-state index contributed by atoms with van der Waals surface area (Å²) in [6.07, 6.45) is -5.11. The molecule has 4 heterocycles. The quantitative estimate of drug-likeness (QED) is 0.293. The number of hydrogen-bond donors (Lipinski definition) is 3. The molecule has 2 aliphatic heterocycles. The molecular formula is C28H21F6N5O3. The Bertz CT molecular complexity index is 1780. The largest absolute Gasteiger partial charge is 0.434 e. The van der Waals surface area contributed by atoms with Crippen molar-refractivity contribution in [3.05, 3.63) is 77.1 Å². The van der Waals surface area contributed by atoms with Gasteiger partial charge in [-0.2, -0.15) is 22.0 Å². The summed E-state index contributed by atoms with van der Waals surface area (Å²) in [5.41, 5.74) is 3.26. The predicted octanol–water partition coefficient (Wildman–Crippen LogP) is 4.86. The lowest BCUT2D eigenvalue weighted by Crippen LogP contribution is -2.66. The number of ether oxygens (including phenoxy) is 1. The maximum atomic E-state index is 15.2. The van der Waals surface area contributed by atoms with E-state index in [-0.39, 0.29) is 17.0 Å². The Kier molecular flexibility index (Phi) is 5.52. The molecule has 2 aromatic heterocycles. The van der Waals surface area contributed by atoms with E-state index < -0.39 is 60.6 Å². The topological polar surface area (TPSA) is 115 Å². The molecule has 2 atom stereocenters. The van der Waals surface area contributed by atoms with Crippen molar-refractivity contribution in [1.82, 2.24) is 19.9 Å². The molecule has 7 rings (SSSR count). The highest BCUT2D eigenvalue weighted by Gasteiger charge is 2.67. The summed E-state index contributed by atoms with van der Waals surface area (Å²) in [5, 5.41) is 12.7. The summed E-state index contributed by atoms with van der Waals surface area (Å²) in [4.78, 5) is 21.6. The van der Waals surface area contributed by atoms with Crippen molar-refractivity contribution >= 4 is 16.9 Å². The van der Waals surface area contributed by atoms with Crippen molar-refractivity contribution in [2.45, 2.75) is 55.3 Å². The van der Waals surface area contributed by atoms with Crippen LogP contribution in [-0.4, -0.2) is 43.9 Å². The second kappa shape index (κ2) is 8.67. The Morgan fingerprint density at radius 3 is 2.60 bits per heavy atom. The molecule has 4 aromatic rings. The number of nitrogens with zero attached hydrogens (tertiary/aromatic N) is 3. The van der Waals surface area contributed by atoms with Crippen LogP contribution in [0.1, 0.15) is 58.8 Å². The zero-order chi connectivity index (χ0) is 29.8. The average molecular weight is 589 g/mol. The molecule has 2 aromatic carbocycles. The highest BCUT2D eigenvalue weighted by atomic mass is 19.4. The fraction of sp³-hybridized carbons (Fsp3) is 0.321. The van der Waals surface area contributed by atoms with Crippen LogP contribution in [0.2, 0.25) is 0 Å². The molecular weight excluding hydrogens is 568 g/mol. The first kappa shape index (κ1) is 26.7. The summed E-state index contributed by atoms with van der Waals surface area (Å²) < 4.78 is 87.7. The van der Waals surface area contributed by atoms with Crippen LogP contribution in [0.25, 0.3) is 22.2 Å². The normalized spacial score (nSPS) is 26.5. The van der Waals surface area contributed by atoms with Crippen LogP contribution in [0, 0.1) is 5.82 Å². The van der Waals surface area contributed by atoms with Crippen molar-refractivity contribution < 1.29 is 41.0 Å². The van der Waals surface area contributed by atoms with Gasteiger partial charge in [-0.15, -0.1) is 0 Å². The van der Waals surface area contributed by atoms with E-state index in [1.54, 1.807) is 18.2 Å². The van der Waals surface area contributed by atoms with Crippen molar-refractivity contribution in [1.29, 1.82) is 0 Å². The maximum absolute atomic E-state index is 15.2. The molecule has 8 nitrogen and oxygen atoms in total. The van der Waals surface area contributed by atoms with E-state index in [0.29, 0.717) is 40.0 Å². The van der Waals surface area contributed by atoms with Crippen LogP contribution in [0.5, 0.6) is 5.75 Å². The van der Waals surface area contributed by atoms with Gasteiger partial charge in [-0.05, 0) is 42.3 Å². The molecule has 218 valence electrons. The fourth-order valence-corrected chi connectivity index (χ4v) is 6.51. The highest BCUT2D eigenvalue weighted by molar-refractivity contribution is 5.98. The predicted molar refractivity (Wildman–Crippen MR) is 135 cm³/mol. The van der Waals surface area contributed by atoms with Gasteiger partial charge in [0, 0.05) is 35.7 Å². The Labute approximate surface area is 233 Å². The molecule has 0 spiro atoms. The summed E-state index contributed by atoms with van der Waals surface area (Å²) >= 11 is 0. The van der Waals surface area contributed by atoms with E-state index >= 15 is 4.39 Å². The van der Waals surface area contributed by atoms with Crippen LogP contribution in [-0.2, 0) is 5.54 Å². The molecule has 14 heteroatoms. The smallest absolute Gasteiger partial charge is 0.417 e. The Morgan fingerprint density at radius 2 is 1.90 bits per heavy atom. The van der Waals surface area contributed by atoms with E-state index in [1.165, 1.54) is 24.4 Å². The van der Waals surface area contributed by atoms with Crippen LogP contribution < -0.4 is 15.8 Å². The molecule has 4 N–H and O–H groups in total.